The van der Waals surface area contributed by atoms with Gasteiger partial charge in [-0.1, -0.05) is 12.5 Å². The van der Waals surface area contributed by atoms with Gasteiger partial charge in [-0.2, -0.15) is 0 Å². The monoisotopic (exact) mass is 964 g/mol. The van der Waals surface area contributed by atoms with Crippen LogP contribution in [0.25, 0.3) is 221 Å². The largest absolute Gasteiger partial charge is 0.453 e. The number of rotatable bonds is 8. The van der Waals surface area contributed by atoms with Crippen LogP contribution in [-0.4, -0.2) is 52.9 Å². The van der Waals surface area contributed by atoms with Crippen LogP contribution < -0.4 is 25.5 Å². The van der Waals surface area contributed by atoms with E-state index in [-0.39, 0.29) is 5.97 Å². The third kappa shape index (κ3) is 1.80. The predicted octanol–water partition coefficient (Wildman–Crippen LogP) is 9.40. The Morgan fingerprint density at radius 1 is 0.442 bits per heavy atom. The van der Waals surface area contributed by atoms with E-state index in [1.165, 1.54) is 26.1 Å². The molecule has 6 atom stereocenters. The van der Waals surface area contributed by atoms with Crippen molar-refractivity contribution in [3.63, 3.8) is 0 Å². The molecule has 0 amide bonds. The van der Waals surface area contributed by atoms with Gasteiger partial charge >= 0.3 is 5.97 Å². The van der Waals surface area contributed by atoms with Crippen molar-refractivity contribution in [1.82, 2.24) is 0 Å². The Bertz CT molecular complexity index is 7310. The summed E-state index contributed by atoms with van der Waals surface area (Å²) in [4.78, 5) is 18.2. The number of hydrogen-bond donors (Lipinski definition) is 2. The normalized spacial score (nSPS) is 27.9. The van der Waals surface area contributed by atoms with Crippen LogP contribution in [0.2, 0.25) is 0 Å². The Balaban J connectivity index is 1.01. The second-order valence-electron chi connectivity index (χ2n) is 28.9. The molecule has 0 aromatic heterocycles. The SMILES string of the molecule is CCC1=CC(OC(=O)C[NH+](C)CCC[NH+](C)C)C23C4=c5c6c7c8c5c5c9c%10c(c%11c%12c2c2c4c4c%13c%14c%15c%16c%17c%18c%19c%20c8c9c8c%20c9c%18c%18c%20c%21cc%22c%23c%24c(c%12cc2c%13c(c%21c%14c%17%20)=C(C=%24C7%16%19)C64%15)c%11c2c%10c8c(c%232)c9c%22%18)C153. The molecule has 15 aliphatic carbocycles. The molecule has 15 aliphatic rings. The lowest BCUT2D eigenvalue weighted by Gasteiger charge is -2.59. The number of ether oxygens (including phenoxy) is 1. The fourth-order valence-electron chi connectivity index (χ4n) is 27.6. The molecule has 2 N–H and O–H groups in total. The Morgan fingerprint density at radius 3 is 1.57 bits per heavy atom. The van der Waals surface area contributed by atoms with Crippen LogP contribution in [-0.2, 0) is 31.2 Å². The molecule has 0 saturated heterocycles. The highest BCUT2D eigenvalue weighted by Gasteiger charge is 2.81. The first kappa shape index (κ1) is 31.8. The van der Waals surface area contributed by atoms with Gasteiger partial charge in [0, 0.05) is 6.42 Å². The minimum atomic E-state index is -0.639. The molecule has 19 aromatic rings. The minimum absolute atomic E-state index is 0.0320. The van der Waals surface area contributed by atoms with Crippen LogP contribution in [0.15, 0.2) is 23.8 Å². The number of carbonyl (C=O) groups excluding carboxylic acids is 1. The van der Waals surface area contributed by atoms with Crippen LogP contribution in [0.3, 0.4) is 0 Å². The molecule has 6 unspecified atom stereocenters. The topological polar surface area (TPSA) is 35.2 Å². The van der Waals surface area contributed by atoms with Crippen molar-refractivity contribution in [3.8, 4) is 0 Å². The number of fused-ring (bicyclic) bond motifs is 3. The summed E-state index contributed by atoms with van der Waals surface area (Å²) in [5.74, 6) is -0.0320. The molecule has 19 bridgehead atoms. The molecule has 0 heterocycles. The standard InChI is InChI=1S/C73H26N2O2/c1-5-13-9-18(77-19(76)12-75(4)8-6-7-74(2)3)73-60-26-16-11-17-25-45-23-15-10-14-20-28-21(15)31-32(23)52-46(25)59-56(27(17)60)63(73)57-55-54-43-42-38-37-34-29(20)36-39(28)49-53(31)67-66(52)71(59)65(45)64(70(67,68(54)69(57)71)58(49)48(43)40(36)38)44-22(14)30(34)35-33(24(16)44)47(26)61-50(41(35)37)51(42)62(55)72(13,61)73/h9-11,18H,5-8,12H2,1-4H3/p+2. The van der Waals surface area contributed by atoms with Gasteiger partial charge in [0.1, 0.15) is 6.10 Å². The molecule has 4 nitrogen and oxygen atoms in total. The van der Waals surface area contributed by atoms with Gasteiger partial charge in [0.25, 0.3) is 0 Å². The number of esters is 1. The van der Waals surface area contributed by atoms with Crippen molar-refractivity contribution < 1.29 is 19.3 Å². The van der Waals surface area contributed by atoms with Crippen LogP contribution in [0.4, 0.5) is 0 Å². The highest BCUT2D eigenvalue weighted by Crippen LogP contribution is 2.89. The van der Waals surface area contributed by atoms with Gasteiger partial charge in [-0.25, -0.2) is 4.79 Å². The van der Waals surface area contributed by atoms with E-state index in [4.69, 9.17) is 4.74 Å². The number of benzene rings is 13. The van der Waals surface area contributed by atoms with E-state index in [1.807, 2.05) is 0 Å². The van der Waals surface area contributed by atoms with Crippen molar-refractivity contribution in [2.24, 2.45) is 0 Å². The Kier molecular flexibility index (Phi) is 3.07. The molecule has 0 radical (unpaired) electrons. The number of hydrogen-bond acceptors (Lipinski definition) is 2. The van der Waals surface area contributed by atoms with E-state index in [9.17, 15) is 0 Å². The van der Waals surface area contributed by atoms with Gasteiger partial charge in [0.05, 0.1) is 55.9 Å². The third-order valence-electron chi connectivity index (χ3n) is 27.7. The molecular formula is C73H28N2O2+2. The zero-order valence-electron chi connectivity index (χ0n) is 41.7. The number of allylic oxidation sites excluding steroid dienone is 1. The zero-order chi connectivity index (χ0) is 47.4. The van der Waals surface area contributed by atoms with E-state index >= 15 is 4.79 Å². The zero-order valence-corrected chi connectivity index (χ0v) is 41.7. The maximum Gasteiger partial charge on any atom is 0.362 e. The summed E-state index contributed by atoms with van der Waals surface area (Å²) in [7, 11) is 6.71. The summed E-state index contributed by atoms with van der Waals surface area (Å²) in [6, 6.07) is 5.71. The lowest BCUT2D eigenvalue weighted by Crippen LogP contribution is -3.11. The fourth-order valence-corrected chi connectivity index (χ4v) is 27.6. The van der Waals surface area contributed by atoms with Crippen molar-refractivity contribution in [2.45, 2.75) is 47.5 Å². The third-order valence-corrected chi connectivity index (χ3v) is 27.7. The van der Waals surface area contributed by atoms with Crippen molar-refractivity contribution in [2.75, 3.05) is 40.8 Å². The summed E-state index contributed by atoms with van der Waals surface area (Å²) in [6.45, 7) is 4.93. The molecule has 4 heteroatoms. The van der Waals surface area contributed by atoms with Gasteiger partial charge in [-0.05, 0) is 317 Å². The van der Waals surface area contributed by atoms with E-state index in [0.717, 1.165) is 25.9 Å². The molecule has 0 aliphatic heterocycles. The summed E-state index contributed by atoms with van der Waals surface area (Å²) in [5.41, 5.74) is 21.4. The molecule has 0 saturated carbocycles. The van der Waals surface area contributed by atoms with Gasteiger partial charge in [-0.3, -0.25) is 0 Å². The lowest BCUT2D eigenvalue weighted by atomic mass is 9.41. The highest BCUT2D eigenvalue weighted by molar-refractivity contribution is 6.72. The molecule has 4 spiro atoms. The van der Waals surface area contributed by atoms with E-state index in [1.54, 1.807) is 282 Å². The second-order valence-corrected chi connectivity index (χ2v) is 28.9. The predicted molar refractivity (Wildman–Crippen MR) is 309 cm³/mol. The van der Waals surface area contributed by atoms with Crippen molar-refractivity contribution >= 4 is 227 Å². The van der Waals surface area contributed by atoms with E-state index in [0.29, 0.717) is 6.54 Å². The smallest absolute Gasteiger partial charge is 0.362 e. The van der Waals surface area contributed by atoms with Crippen LogP contribution in [0, 0.1) is 0 Å². The van der Waals surface area contributed by atoms with Crippen LogP contribution >= 0.6 is 0 Å². The van der Waals surface area contributed by atoms with E-state index in [2.05, 4.69) is 46.3 Å². The summed E-state index contributed by atoms with van der Waals surface area (Å²) >= 11 is 0. The quantitative estimate of drug-likeness (QED) is 0.0906. The maximum atomic E-state index is 15.5. The average Bonchev–Trinajstić information content (AvgIpc) is 1.46. The Morgan fingerprint density at radius 2 is 0.896 bits per heavy atom. The summed E-state index contributed by atoms with van der Waals surface area (Å²) in [5, 5.41) is 66.1. The molecule has 0 fully saturated rings. The van der Waals surface area contributed by atoms with Crippen molar-refractivity contribution in [3.05, 3.63) is 95.1 Å². The second kappa shape index (κ2) is 7.44. The highest BCUT2D eigenvalue weighted by atomic mass is 16.5. The molecule has 340 valence electrons. The first-order chi connectivity index (χ1) is 37.9. The Hall–Kier alpha value is -8.15. The lowest BCUT2D eigenvalue weighted by molar-refractivity contribution is -0.887. The molecule has 34 rings (SSSR count). The molecular weight excluding hydrogens is 937 g/mol. The van der Waals surface area contributed by atoms with Crippen LogP contribution in [0.1, 0.15) is 75.4 Å². The van der Waals surface area contributed by atoms with Crippen LogP contribution in [0.5, 0.6) is 0 Å². The first-order valence-electron chi connectivity index (χ1n) is 29.4. The number of carbonyl (C=O) groups is 1. The summed E-state index contributed by atoms with van der Waals surface area (Å²) in [6.07, 6.45) is 4.22. The molecule has 77 heavy (non-hydrogen) atoms. The van der Waals surface area contributed by atoms with E-state index < -0.39 is 27.8 Å². The fraction of sp³-hybridized carbons (Fsp3) is 0.192. The number of nitrogens with one attached hydrogen (secondary N) is 2. The van der Waals surface area contributed by atoms with Crippen molar-refractivity contribution in [1.29, 1.82) is 0 Å². The average molecular weight is 965 g/mol. The Labute approximate surface area is 427 Å². The first-order valence-corrected chi connectivity index (χ1v) is 29.4. The summed E-state index contributed by atoms with van der Waals surface area (Å²) < 4.78 is 7.71. The van der Waals surface area contributed by atoms with Gasteiger partial charge in [0.2, 0.25) is 0 Å². The molecule has 19 aromatic carbocycles. The van der Waals surface area contributed by atoms with Gasteiger partial charge < -0.3 is 14.5 Å². The van der Waals surface area contributed by atoms with Gasteiger partial charge in [0.15, 0.2) is 6.54 Å². The van der Waals surface area contributed by atoms with Gasteiger partial charge in [-0.15, -0.1) is 0 Å². The number of likely N-dealkylation sites (N-methyl/N-ethyl adjacent to an activating group) is 1. The minimum Gasteiger partial charge on any atom is -0.453 e. The number of quaternary nitrogens is 2. The maximum absolute atomic E-state index is 15.5.